The highest BCUT2D eigenvalue weighted by molar-refractivity contribution is 6.05. The molecular formula is C17H11N7O. The van der Waals surface area contributed by atoms with Gasteiger partial charge in [0.05, 0.1) is 5.69 Å². The van der Waals surface area contributed by atoms with Crippen molar-refractivity contribution in [2.24, 2.45) is 0 Å². The third kappa shape index (κ3) is 2.27. The van der Waals surface area contributed by atoms with Gasteiger partial charge in [-0.25, -0.2) is 14.6 Å². The van der Waals surface area contributed by atoms with Crippen molar-refractivity contribution in [3.8, 4) is 5.69 Å². The van der Waals surface area contributed by atoms with Gasteiger partial charge < -0.3 is 9.73 Å². The summed E-state index contributed by atoms with van der Waals surface area (Å²) in [6, 6.07) is 15.5. The first kappa shape index (κ1) is 13.6. The molecule has 1 N–H and O–H groups in total. The highest BCUT2D eigenvalue weighted by atomic mass is 16.3. The smallest absolute Gasteiger partial charge is 0.196 e. The van der Waals surface area contributed by atoms with Crippen molar-refractivity contribution < 1.29 is 4.42 Å². The maximum atomic E-state index is 5.93. The Hall–Kier alpha value is -3.81. The molecule has 0 atom stereocenters. The maximum absolute atomic E-state index is 5.93. The van der Waals surface area contributed by atoms with E-state index < -0.39 is 0 Å². The molecule has 0 aliphatic carbocycles. The summed E-state index contributed by atoms with van der Waals surface area (Å²) in [5.74, 6) is 0.607. The fourth-order valence-corrected chi connectivity index (χ4v) is 2.76. The quantitative estimate of drug-likeness (QED) is 0.543. The molecule has 2 aromatic carbocycles. The van der Waals surface area contributed by atoms with Gasteiger partial charge in [-0.3, -0.25) is 0 Å². The number of nitrogens with one attached hydrogen (secondary N) is 1. The van der Waals surface area contributed by atoms with E-state index in [-0.39, 0.29) is 0 Å². The van der Waals surface area contributed by atoms with E-state index in [1.165, 1.54) is 6.33 Å². The zero-order valence-electron chi connectivity index (χ0n) is 12.9. The molecule has 0 radical (unpaired) electrons. The molecule has 0 aliphatic rings. The van der Waals surface area contributed by atoms with Gasteiger partial charge in [0.25, 0.3) is 0 Å². The highest BCUT2D eigenvalue weighted by Crippen LogP contribution is 2.31. The Balaban J connectivity index is 1.59. The van der Waals surface area contributed by atoms with Crippen LogP contribution >= 0.6 is 0 Å². The standard InChI is InChI=1S/C17H11N7O/c1-2-7-14-13(6-1)15-16(25-14)17(19-9-18-15)21-11-4-3-5-12(8-11)24-10-20-22-23-24/h1-10H,(H,18,19,21). The number of rotatable bonds is 3. The fraction of sp³-hybridized carbons (Fsp3) is 0. The van der Waals surface area contributed by atoms with E-state index in [0.29, 0.717) is 11.4 Å². The van der Waals surface area contributed by atoms with Crippen LogP contribution in [0.15, 0.2) is 65.6 Å². The number of benzene rings is 2. The third-order valence-corrected chi connectivity index (χ3v) is 3.88. The summed E-state index contributed by atoms with van der Waals surface area (Å²) >= 11 is 0. The number of furan rings is 1. The molecule has 0 saturated heterocycles. The number of aromatic nitrogens is 6. The second-order valence-corrected chi connectivity index (χ2v) is 5.43. The largest absolute Gasteiger partial charge is 0.450 e. The van der Waals surface area contributed by atoms with Crippen LogP contribution in [0.5, 0.6) is 0 Å². The van der Waals surface area contributed by atoms with Gasteiger partial charge in [0.15, 0.2) is 11.4 Å². The lowest BCUT2D eigenvalue weighted by molar-refractivity contribution is 0.667. The first-order valence-electron chi connectivity index (χ1n) is 7.61. The molecule has 0 fully saturated rings. The van der Waals surface area contributed by atoms with Crippen LogP contribution in [-0.4, -0.2) is 30.2 Å². The van der Waals surface area contributed by atoms with Crippen LogP contribution < -0.4 is 5.32 Å². The molecule has 0 spiro atoms. The molecule has 5 rings (SSSR count). The van der Waals surface area contributed by atoms with Gasteiger partial charge in [-0.2, -0.15) is 0 Å². The maximum Gasteiger partial charge on any atom is 0.196 e. The zero-order valence-corrected chi connectivity index (χ0v) is 12.9. The molecular weight excluding hydrogens is 318 g/mol. The average molecular weight is 329 g/mol. The fourth-order valence-electron chi connectivity index (χ4n) is 2.76. The number of hydrogen-bond donors (Lipinski definition) is 1. The summed E-state index contributed by atoms with van der Waals surface area (Å²) in [7, 11) is 0. The molecule has 5 aromatic rings. The molecule has 0 amide bonds. The number of hydrogen-bond acceptors (Lipinski definition) is 7. The van der Waals surface area contributed by atoms with Crippen molar-refractivity contribution in [3.05, 3.63) is 61.2 Å². The number of anilines is 2. The zero-order chi connectivity index (χ0) is 16.6. The minimum Gasteiger partial charge on any atom is -0.450 e. The number of fused-ring (bicyclic) bond motifs is 3. The van der Waals surface area contributed by atoms with Crippen LogP contribution in [0.4, 0.5) is 11.5 Å². The van der Waals surface area contributed by atoms with Crippen molar-refractivity contribution in [2.45, 2.75) is 0 Å². The molecule has 25 heavy (non-hydrogen) atoms. The molecule has 0 aliphatic heterocycles. The summed E-state index contributed by atoms with van der Waals surface area (Å²) in [4.78, 5) is 8.68. The molecule has 3 aromatic heterocycles. The van der Waals surface area contributed by atoms with Gasteiger partial charge in [0.1, 0.15) is 23.8 Å². The SMILES string of the molecule is c1cc(Nc2ncnc3c2oc2ccccc23)cc(-n2cnnn2)c1. The topological polar surface area (TPSA) is 94.6 Å². The van der Waals surface area contributed by atoms with Gasteiger partial charge in [-0.15, -0.1) is 5.10 Å². The van der Waals surface area contributed by atoms with E-state index in [1.807, 2.05) is 48.5 Å². The summed E-state index contributed by atoms with van der Waals surface area (Å²) in [5.41, 5.74) is 3.86. The van der Waals surface area contributed by atoms with E-state index in [4.69, 9.17) is 4.42 Å². The predicted octanol–water partition coefficient (Wildman–Crippen LogP) is 3.10. The lowest BCUT2D eigenvalue weighted by atomic mass is 10.2. The monoisotopic (exact) mass is 329 g/mol. The van der Waals surface area contributed by atoms with Crippen LogP contribution in [0.3, 0.4) is 0 Å². The van der Waals surface area contributed by atoms with Crippen molar-refractivity contribution >= 4 is 33.6 Å². The third-order valence-electron chi connectivity index (χ3n) is 3.88. The van der Waals surface area contributed by atoms with E-state index in [2.05, 4.69) is 30.8 Å². The Bertz CT molecular complexity index is 1180. The molecule has 0 bridgehead atoms. The second-order valence-electron chi connectivity index (χ2n) is 5.43. The lowest BCUT2D eigenvalue weighted by Gasteiger charge is -2.07. The van der Waals surface area contributed by atoms with Gasteiger partial charge in [0.2, 0.25) is 0 Å². The van der Waals surface area contributed by atoms with Crippen molar-refractivity contribution in [2.75, 3.05) is 5.32 Å². The highest BCUT2D eigenvalue weighted by Gasteiger charge is 2.13. The number of para-hydroxylation sites is 1. The van der Waals surface area contributed by atoms with Gasteiger partial charge >= 0.3 is 0 Å². The molecule has 8 heteroatoms. The van der Waals surface area contributed by atoms with Gasteiger partial charge in [0, 0.05) is 11.1 Å². The predicted molar refractivity (Wildman–Crippen MR) is 91.7 cm³/mol. The van der Waals surface area contributed by atoms with Crippen LogP contribution in [0.25, 0.3) is 27.8 Å². The Kier molecular flexibility index (Phi) is 2.93. The minimum atomic E-state index is 0.607. The minimum absolute atomic E-state index is 0.607. The Morgan fingerprint density at radius 1 is 1.00 bits per heavy atom. The Labute approximate surface area is 141 Å². The Morgan fingerprint density at radius 3 is 2.88 bits per heavy atom. The lowest BCUT2D eigenvalue weighted by Crippen LogP contribution is -1.98. The second kappa shape index (κ2) is 5.38. The van der Waals surface area contributed by atoms with Gasteiger partial charge in [-0.05, 0) is 40.8 Å². The molecule has 8 nitrogen and oxygen atoms in total. The average Bonchev–Trinajstić information content (AvgIpc) is 3.31. The van der Waals surface area contributed by atoms with Gasteiger partial charge in [-0.1, -0.05) is 18.2 Å². The van der Waals surface area contributed by atoms with Crippen LogP contribution in [0.2, 0.25) is 0 Å². The van der Waals surface area contributed by atoms with Crippen molar-refractivity contribution in [3.63, 3.8) is 0 Å². The Morgan fingerprint density at radius 2 is 1.96 bits per heavy atom. The normalized spacial score (nSPS) is 11.2. The van der Waals surface area contributed by atoms with Crippen LogP contribution in [-0.2, 0) is 0 Å². The first-order valence-corrected chi connectivity index (χ1v) is 7.61. The number of tetrazole rings is 1. The van der Waals surface area contributed by atoms with E-state index >= 15 is 0 Å². The first-order chi connectivity index (χ1) is 12.4. The summed E-state index contributed by atoms with van der Waals surface area (Å²) in [6.07, 6.45) is 3.07. The van der Waals surface area contributed by atoms with Crippen LogP contribution in [0, 0.1) is 0 Å². The number of nitrogens with zero attached hydrogens (tertiary/aromatic N) is 6. The van der Waals surface area contributed by atoms with Crippen LogP contribution in [0.1, 0.15) is 0 Å². The molecule has 0 saturated carbocycles. The summed E-state index contributed by atoms with van der Waals surface area (Å²) in [5, 5.41) is 15.5. The summed E-state index contributed by atoms with van der Waals surface area (Å²) < 4.78 is 7.52. The van der Waals surface area contributed by atoms with E-state index in [9.17, 15) is 0 Å². The van der Waals surface area contributed by atoms with Crippen molar-refractivity contribution in [1.29, 1.82) is 0 Å². The van der Waals surface area contributed by atoms with E-state index in [1.54, 1.807) is 11.0 Å². The van der Waals surface area contributed by atoms with Crippen molar-refractivity contribution in [1.82, 2.24) is 30.2 Å². The molecule has 0 unspecified atom stereocenters. The summed E-state index contributed by atoms with van der Waals surface area (Å²) in [6.45, 7) is 0. The molecule has 120 valence electrons. The molecule has 3 heterocycles. The van der Waals surface area contributed by atoms with E-state index in [0.717, 1.165) is 27.9 Å².